The number of aromatic nitrogens is 2. The third-order valence-electron chi connectivity index (χ3n) is 3.18. The summed E-state index contributed by atoms with van der Waals surface area (Å²) < 4.78 is 0. The molecule has 2 aromatic heterocycles. The lowest BCUT2D eigenvalue weighted by molar-refractivity contribution is -0.119. The fraction of sp³-hybridized carbons (Fsp3) is 0.308. The van der Waals surface area contributed by atoms with E-state index in [0.29, 0.717) is 13.0 Å². The maximum atomic E-state index is 12.1. The molecule has 0 bridgehead atoms. The molecule has 2 aromatic rings. The van der Waals surface area contributed by atoms with E-state index in [1.54, 1.807) is 16.2 Å². The first kappa shape index (κ1) is 11.3. The fourth-order valence-electron chi connectivity index (χ4n) is 2.22. The van der Waals surface area contributed by atoms with Crippen LogP contribution in [0.25, 0.3) is 0 Å². The maximum Gasteiger partial charge on any atom is 0.228 e. The number of aryl methyl sites for hydroxylation is 1. The van der Waals surface area contributed by atoms with Gasteiger partial charge in [-0.15, -0.1) is 11.3 Å². The third kappa shape index (κ3) is 1.90. The Morgan fingerprint density at radius 3 is 3.06 bits per heavy atom. The van der Waals surface area contributed by atoms with E-state index < -0.39 is 0 Å². The number of fused-ring (bicyclic) bond motifs is 1. The number of anilines is 1. The van der Waals surface area contributed by atoms with Crippen molar-refractivity contribution in [3.05, 3.63) is 40.0 Å². The molecule has 0 radical (unpaired) electrons. The molecule has 0 N–H and O–H groups in total. The van der Waals surface area contributed by atoms with Crippen LogP contribution in [0.15, 0.2) is 23.8 Å². The average Bonchev–Trinajstić information content (AvgIpc) is 2.86. The van der Waals surface area contributed by atoms with Gasteiger partial charge in [0.25, 0.3) is 0 Å². The van der Waals surface area contributed by atoms with Crippen molar-refractivity contribution in [2.45, 2.75) is 26.3 Å². The molecule has 1 aliphatic heterocycles. The SMILES string of the molecule is Cc1ncnc2c1CCC(=O)N2Cc1cccs1. The third-order valence-corrected chi connectivity index (χ3v) is 4.04. The molecule has 1 aliphatic rings. The Morgan fingerprint density at radius 1 is 1.39 bits per heavy atom. The van der Waals surface area contributed by atoms with Crippen LogP contribution in [-0.2, 0) is 17.8 Å². The van der Waals surface area contributed by atoms with Crippen molar-refractivity contribution < 1.29 is 4.79 Å². The van der Waals surface area contributed by atoms with Crippen molar-refractivity contribution in [1.82, 2.24) is 9.97 Å². The van der Waals surface area contributed by atoms with E-state index in [9.17, 15) is 4.79 Å². The molecule has 0 spiro atoms. The summed E-state index contributed by atoms with van der Waals surface area (Å²) in [7, 11) is 0. The van der Waals surface area contributed by atoms with Crippen LogP contribution in [0.4, 0.5) is 5.82 Å². The first-order valence-corrected chi connectivity index (χ1v) is 6.77. The number of carbonyl (C=O) groups excluding carboxylic acids is 1. The lowest BCUT2D eigenvalue weighted by Crippen LogP contribution is -2.35. The van der Waals surface area contributed by atoms with Gasteiger partial charge in [-0.05, 0) is 24.8 Å². The first-order valence-electron chi connectivity index (χ1n) is 5.89. The summed E-state index contributed by atoms with van der Waals surface area (Å²) in [5.41, 5.74) is 2.08. The second kappa shape index (κ2) is 4.49. The predicted octanol–water partition coefficient (Wildman–Crippen LogP) is 2.33. The minimum Gasteiger partial charge on any atom is -0.291 e. The Morgan fingerprint density at radius 2 is 2.28 bits per heavy atom. The highest BCUT2D eigenvalue weighted by Crippen LogP contribution is 2.28. The van der Waals surface area contributed by atoms with Gasteiger partial charge in [0.15, 0.2) is 0 Å². The van der Waals surface area contributed by atoms with Gasteiger partial charge in [-0.1, -0.05) is 6.07 Å². The Kier molecular flexibility index (Phi) is 2.83. The summed E-state index contributed by atoms with van der Waals surface area (Å²) >= 11 is 1.66. The molecule has 0 aromatic carbocycles. The molecular formula is C13H13N3OS. The molecule has 3 heterocycles. The molecule has 0 aliphatic carbocycles. The van der Waals surface area contributed by atoms with Gasteiger partial charge in [-0.25, -0.2) is 9.97 Å². The van der Waals surface area contributed by atoms with Crippen molar-refractivity contribution in [2.24, 2.45) is 0 Å². The molecule has 0 saturated heterocycles. The minimum absolute atomic E-state index is 0.147. The lowest BCUT2D eigenvalue weighted by atomic mass is 10.0. The van der Waals surface area contributed by atoms with Crippen molar-refractivity contribution in [3.63, 3.8) is 0 Å². The molecule has 0 fully saturated rings. The molecule has 92 valence electrons. The summed E-state index contributed by atoms with van der Waals surface area (Å²) in [6.45, 7) is 2.58. The minimum atomic E-state index is 0.147. The van der Waals surface area contributed by atoms with Crippen molar-refractivity contribution in [2.75, 3.05) is 4.90 Å². The summed E-state index contributed by atoms with van der Waals surface area (Å²) in [5.74, 6) is 0.932. The zero-order chi connectivity index (χ0) is 12.5. The largest absolute Gasteiger partial charge is 0.291 e. The average molecular weight is 259 g/mol. The second-order valence-corrected chi connectivity index (χ2v) is 5.35. The van der Waals surface area contributed by atoms with Crippen LogP contribution in [0.1, 0.15) is 22.6 Å². The molecule has 1 amide bonds. The van der Waals surface area contributed by atoms with E-state index in [1.165, 1.54) is 11.2 Å². The van der Waals surface area contributed by atoms with Gasteiger partial charge in [-0.2, -0.15) is 0 Å². The predicted molar refractivity (Wildman–Crippen MR) is 70.6 cm³/mol. The molecule has 4 nitrogen and oxygen atoms in total. The highest BCUT2D eigenvalue weighted by atomic mass is 32.1. The van der Waals surface area contributed by atoms with Gasteiger partial charge in [-0.3, -0.25) is 9.69 Å². The van der Waals surface area contributed by atoms with Gasteiger partial charge in [0.2, 0.25) is 5.91 Å². The number of rotatable bonds is 2. The summed E-state index contributed by atoms with van der Waals surface area (Å²) in [4.78, 5) is 23.5. The molecule has 0 unspecified atom stereocenters. The van der Waals surface area contributed by atoms with E-state index in [2.05, 4.69) is 9.97 Å². The molecule has 5 heteroatoms. The maximum absolute atomic E-state index is 12.1. The first-order chi connectivity index (χ1) is 8.75. The lowest BCUT2D eigenvalue weighted by Gasteiger charge is -2.28. The topological polar surface area (TPSA) is 46.1 Å². The Balaban J connectivity index is 1.99. The number of thiophene rings is 1. The van der Waals surface area contributed by atoms with Crippen LogP contribution >= 0.6 is 11.3 Å². The zero-order valence-corrected chi connectivity index (χ0v) is 10.9. The molecule has 18 heavy (non-hydrogen) atoms. The van der Waals surface area contributed by atoms with E-state index in [0.717, 1.165) is 23.5 Å². The van der Waals surface area contributed by atoms with Crippen molar-refractivity contribution in [3.8, 4) is 0 Å². The quantitative estimate of drug-likeness (QED) is 0.831. The zero-order valence-electron chi connectivity index (χ0n) is 10.1. The van der Waals surface area contributed by atoms with Crippen LogP contribution in [0.5, 0.6) is 0 Å². The number of amides is 1. The molecular weight excluding hydrogens is 246 g/mol. The van der Waals surface area contributed by atoms with Crippen LogP contribution in [0, 0.1) is 6.92 Å². The fourth-order valence-corrected chi connectivity index (χ4v) is 2.91. The number of carbonyl (C=O) groups is 1. The molecule has 3 rings (SSSR count). The molecule has 0 saturated carbocycles. The normalized spacial score (nSPS) is 14.7. The standard InChI is InChI=1S/C13H13N3OS/c1-9-11-4-5-12(17)16(13(11)15-8-14-9)7-10-3-2-6-18-10/h2-3,6,8H,4-5,7H2,1H3. The van der Waals surface area contributed by atoms with E-state index >= 15 is 0 Å². The van der Waals surface area contributed by atoms with Gasteiger partial charge in [0, 0.05) is 22.6 Å². The van der Waals surface area contributed by atoms with Crippen molar-refractivity contribution >= 4 is 23.1 Å². The Labute approximate surface area is 109 Å². The summed E-state index contributed by atoms with van der Waals surface area (Å²) in [5, 5.41) is 2.02. The monoisotopic (exact) mass is 259 g/mol. The van der Waals surface area contributed by atoms with Crippen LogP contribution in [0.2, 0.25) is 0 Å². The highest BCUT2D eigenvalue weighted by Gasteiger charge is 2.27. The summed E-state index contributed by atoms with van der Waals surface area (Å²) in [6, 6.07) is 4.04. The number of nitrogens with zero attached hydrogens (tertiary/aromatic N) is 3. The molecule has 0 atom stereocenters. The smallest absolute Gasteiger partial charge is 0.228 e. The Hall–Kier alpha value is -1.75. The van der Waals surface area contributed by atoms with E-state index in [-0.39, 0.29) is 5.91 Å². The van der Waals surface area contributed by atoms with E-state index in [4.69, 9.17) is 0 Å². The van der Waals surface area contributed by atoms with Gasteiger partial charge in [0.1, 0.15) is 12.1 Å². The van der Waals surface area contributed by atoms with Gasteiger partial charge < -0.3 is 0 Å². The highest BCUT2D eigenvalue weighted by molar-refractivity contribution is 7.09. The Bertz CT molecular complexity index is 580. The van der Waals surface area contributed by atoms with Crippen LogP contribution in [0.3, 0.4) is 0 Å². The van der Waals surface area contributed by atoms with Gasteiger partial charge in [0.05, 0.1) is 6.54 Å². The van der Waals surface area contributed by atoms with Crippen LogP contribution in [-0.4, -0.2) is 15.9 Å². The van der Waals surface area contributed by atoms with Crippen LogP contribution < -0.4 is 4.90 Å². The number of hydrogen-bond acceptors (Lipinski definition) is 4. The summed E-state index contributed by atoms with van der Waals surface area (Å²) in [6.07, 6.45) is 2.84. The van der Waals surface area contributed by atoms with Gasteiger partial charge >= 0.3 is 0 Å². The van der Waals surface area contributed by atoms with E-state index in [1.807, 2.05) is 24.4 Å². The number of hydrogen-bond donors (Lipinski definition) is 0. The van der Waals surface area contributed by atoms with Crippen molar-refractivity contribution in [1.29, 1.82) is 0 Å². The second-order valence-electron chi connectivity index (χ2n) is 4.32.